The van der Waals surface area contributed by atoms with Crippen LogP contribution in [0, 0.1) is 5.82 Å². The first-order chi connectivity index (χ1) is 11.0. The van der Waals surface area contributed by atoms with Gasteiger partial charge in [0.25, 0.3) is 5.56 Å². The molecule has 6 heteroatoms. The number of hydrogen-bond donors (Lipinski definition) is 1. The number of aromatic nitrogens is 1. The highest BCUT2D eigenvalue weighted by Crippen LogP contribution is 2.26. The first kappa shape index (κ1) is 14.8. The van der Waals surface area contributed by atoms with Crippen LogP contribution in [0.25, 0.3) is 16.5 Å². The van der Waals surface area contributed by atoms with Crippen LogP contribution < -0.4 is 5.56 Å². The van der Waals surface area contributed by atoms with Gasteiger partial charge in [0.05, 0.1) is 18.4 Å². The molecule has 116 valence electrons. The highest BCUT2D eigenvalue weighted by Gasteiger charge is 2.13. The number of hydrogen-bond acceptors (Lipinski definition) is 4. The number of halogens is 1. The Morgan fingerprint density at radius 2 is 1.83 bits per heavy atom. The second-order valence-electron chi connectivity index (χ2n) is 4.91. The largest absolute Gasteiger partial charge is 0.494 e. The quantitative estimate of drug-likeness (QED) is 0.739. The molecule has 3 aromatic rings. The van der Waals surface area contributed by atoms with Gasteiger partial charge in [0, 0.05) is 11.5 Å². The van der Waals surface area contributed by atoms with E-state index in [4.69, 9.17) is 0 Å². The smallest absolute Gasteiger partial charge is 0.337 e. The molecule has 0 amide bonds. The molecule has 2 aromatic carbocycles. The van der Waals surface area contributed by atoms with Crippen LogP contribution in [0.2, 0.25) is 0 Å². The van der Waals surface area contributed by atoms with Gasteiger partial charge in [0.1, 0.15) is 5.82 Å². The molecule has 23 heavy (non-hydrogen) atoms. The molecule has 1 N–H and O–H groups in total. The van der Waals surface area contributed by atoms with Gasteiger partial charge in [-0.05, 0) is 47.9 Å². The van der Waals surface area contributed by atoms with Crippen LogP contribution in [0.5, 0.6) is 5.88 Å². The molecule has 1 aromatic heterocycles. The van der Waals surface area contributed by atoms with E-state index >= 15 is 0 Å². The van der Waals surface area contributed by atoms with E-state index in [0.717, 1.165) is 4.57 Å². The van der Waals surface area contributed by atoms with Gasteiger partial charge in [-0.2, -0.15) is 0 Å². The molecule has 0 atom stereocenters. The van der Waals surface area contributed by atoms with E-state index in [2.05, 4.69) is 4.74 Å². The van der Waals surface area contributed by atoms with Gasteiger partial charge in [-0.25, -0.2) is 13.8 Å². The predicted molar refractivity (Wildman–Crippen MR) is 82.5 cm³/mol. The molecule has 0 bridgehead atoms. The number of carbonyl (C=O) groups excluding carboxylic acids is 1. The average Bonchev–Trinajstić information content (AvgIpc) is 2.55. The molecular formula is C17H12FNO4. The second kappa shape index (κ2) is 5.57. The van der Waals surface area contributed by atoms with Gasteiger partial charge in [0.15, 0.2) is 0 Å². The lowest BCUT2D eigenvalue weighted by atomic mass is 10.1. The molecule has 0 saturated carbocycles. The number of rotatable bonds is 2. The first-order valence-corrected chi connectivity index (χ1v) is 6.74. The molecular weight excluding hydrogens is 301 g/mol. The number of carbonyl (C=O) groups is 1. The van der Waals surface area contributed by atoms with Crippen molar-refractivity contribution in [3.8, 4) is 11.6 Å². The molecule has 0 unspecified atom stereocenters. The van der Waals surface area contributed by atoms with Crippen molar-refractivity contribution in [2.75, 3.05) is 7.11 Å². The fourth-order valence-electron chi connectivity index (χ4n) is 2.39. The number of esters is 1. The fraction of sp³-hybridized carbons (Fsp3) is 0.0588. The Hall–Kier alpha value is -3.15. The minimum atomic E-state index is -0.533. The van der Waals surface area contributed by atoms with Gasteiger partial charge < -0.3 is 9.84 Å². The van der Waals surface area contributed by atoms with Gasteiger partial charge in [-0.1, -0.05) is 0 Å². The summed E-state index contributed by atoms with van der Waals surface area (Å²) in [6, 6.07) is 11.0. The summed E-state index contributed by atoms with van der Waals surface area (Å²) in [5.74, 6) is -1.26. The third-order valence-corrected chi connectivity index (χ3v) is 3.51. The number of fused-ring (bicyclic) bond motifs is 1. The number of ether oxygens (including phenoxy) is 1. The van der Waals surface area contributed by atoms with Crippen LogP contribution in [0.15, 0.2) is 53.3 Å². The van der Waals surface area contributed by atoms with Crippen molar-refractivity contribution in [3.63, 3.8) is 0 Å². The van der Waals surface area contributed by atoms with Crippen LogP contribution in [0.4, 0.5) is 4.39 Å². The van der Waals surface area contributed by atoms with E-state index in [1.54, 1.807) is 0 Å². The van der Waals surface area contributed by atoms with E-state index in [-0.39, 0.29) is 11.4 Å². The van der Waals surface area contributed by atoms with Gasteiger partial charge >= 0.3 is 5.97 Å². The number of aromatic hydroxyl groups is 1. The summed E-state index contributed by atoms with van der Waals surface area (Å²) in [4.78, 5) is 23.8. The molecule has 0 radical (unpaired) electrons. The highest BCUT2D eigenvalue weighted by atomic mass is 19.1. The third kappa shape index (κ3) is 2.55. The Kier molecular flexibility index (Phi) is 3.57. The van der Waals surface area contributed by atoms with Crippen LogP contribution in [0.1, 0.15) is 10.4 Å². The van der Waals surface area contributed by atoms with Crippen molar-refractivity contribution in [3.05, 3.63) is 70.3 Å². The molecule has 0 aliphatic rings. The lowest BCUT2D eigenvalue weighted by Gasteiger charge is -2.11. The highest BCUT2D eigenvalue weighted by molar-refractivity contribution is 5.96. The van der Waals surface area contributed by atoms with Gasteiger partial charge in [-0.15, -0.1) is 0 Å². The summed E-state index contributed by atoms with van der Waals surface area (Å²) in [7, 11) is 1.26. The normalized spacial score (nSPS) is 10.7. The Bertz CT molecular complexity index is 961. The van der Waals surface area contributed by atoms with Crippen molar-refractivity contribution < 1.29 is 19.0 Å². The van der Waals surface area contributed by atoms with Crippen LogP contribution >= 0.6 is 0 Å². The summed E-state index contributed by atoms with van der Waals surface area (Å²) in [6.45, 7) is 0. The van der Waals surface area contributed by atoms with Crippen LogP contribution in [-0.2, 0) is 4.74 Å². The second-order valence-corrected chi connectivity index (χ2v) is 4.91. The summed E-state index contributed by atoms with van der Waals surface area (Å²) < 4.78 is 18.7. The summed E-state index contributed by atoms with van der Waals surface area (Å²) in [6.07, 6.45) is 0. The SMILES string of the molecule is COC(=O)c1ccc2c(O)n(-c3ccc(F)cc3)c(=O)cc2c1. The maximum absolute atomic E-state index is 13.0. The molecule has 0 fully saturated rings. The Morgan fingerprint density at radius 1 is 1.13 bits per heavy atom. The summed E-state index contributed by atoms with van der Waals surface area (Å²) >= 11 is 0. The molecule has 0 aliphatic heterocycles. The van der Waals surface area contributed by atoms with Crippen molar-refractivity contribution in [2.24, 2.45) is 0 Å². The van der Waals surface area contributed by atoms with Crippen LogP contribution in [0.3, 0.4) is 0 Å². The van der Waals surface area contributed by atoms with Crippen molar-refractivity contribution in [2.45, 2.75) is 0 Å². The summed E-state index contributed by atoms with van der Waals surface area (Å²) in [5, 5.41) is 11.2. The minimum absolute atomic E-state index is 0.276. The molecule has 5 nitrogen and oxygen atoms in total. The first-order valence-electron chi connectivity index (χ1n) is 6.74. The maximum Gasteiger partial charge on any atom is 0.337 e. The standard InChI is InChI=1S/C17H12FNO4/c1-23-17(22)10-2-7-14-11(8-10)9-15(20)19(16(14)21)13-5-3-12(18)4-6-13/h2-9,21H,1H3. The van der Waals surface area contributed by atoms with E-state index in [9.17, 15) is 19.1 Å². The number of methoxy groups -OCH3 is 1. The molecule has 0 aliphatic carbocycles. The Labute approximate surface area is 130 Å². The average molecular weight is 313 g/mol. The zero-order valence-electron chi connectivity index (χ0n) is 12.1. The Balaban J connectivity index is 2.24. The number of benzene rings is 2. The van der Waals surface area contributed by atoms with E-state index in [0.29, 0.717) is 16.5 Å². The van der Waals surface area contributed by atoms with Crippen LogP contribution in [-0.4, -0.2) is 22.8 Å². The lowest BCUT2D eigenvalue weighted by molar-refractivity contribution is 0.0601. The topological polar surface area (TPSA) is 68.5 Å². The van der Waals surface area contributed by atoms with Crippen molar-refractivity contribution in [1.29, 1.82) is 0 Å². The summed E-state index contributed by atoms with van der Waals surface area (Å²) in [5.41, 5.74) is 0.120. The van der Waals surface area contributed by atoms with E-state index < -0.39 is 17.3 Å². The lowest BCUT2D eigenvalue weighted by Crippen LogP contribution is -2.17. The van der Waals surface area contributed by atoms with Gasteiger partial charge in [0.2, 0.25) is 5.88 Å². The predicted octanol–water partition coefficient (Wildman–Crippen LogP) is 2.62. The fourth-order valence-corrected chi connectivity index (χ4v) is 2.39. The number of nitrogens with zero attached hydrogens (tertiary/aromatic N) is 1. The third-order valence-electron chi connectivity index (χ3n) is 3.51. The van der Waals surface area contributed by atoms with Crippen molar-refractivity contribution in [1.82, 2.24) is 4.57 Å². The minimum Gasteiger partial charge on any atom is -0.494 e. The molecule has 3 rings (SSSR count). The molecule has 0 spiro atoms. The molecule has 0 saturated heterocycles. The number of pyridine rings is 1. The van der Waals surface area contributed by atoms with Gasteiger partial charge in [-0.3, -0.25) is 4.79 Å². The maximum atomic E-state index is 13.0. The van der Waals surface area contributed by atoms with E-state index in [1.165, 1.54) is 55.6 Å². The zero-order valence-corrected chi connectivity index (χ0v) is 12.1. The van der Waals surface area contributed by atoms with E-state index in [1.807, 2.05) is 0 Å². The van der Waals surface area contributed by atoms with Crippen molar-refractivity contribution >= 4 is 16.7 Å². The zero-order chi connectivity index (χ0) is 16.6. The Morgan fingerprint density at radius 3 is 2.48 bits per heavy atom. The molecule has 1 heterocycles. The monoisotopic (exact) mass is 313 g/mol.